The molecule has 4 unspecified atom stereocenters. The molecule has 5 N–H and O–H groups in total. The Morgan fingerprint density at radius 2 is 2.10 bits per heavy atom. The summed E-state index contributed by atoms with van der Waals surface area (Å²) in [6, 6.07) is 0. The van der Waals surface area contributed by atoms with E-state index in [1.54, 1.807) is 0 Å². The number of nitrogen functional groups attached to an aromatic ring is 1. The average Bonchev–Trinajstić information content (AvgIpc) is 2.93. The number of carboxylic acid groups (broad SMARTS) is 1. The smallest absolute Gasteiger partial charge is 0.335 e. The highest BCUT2D eigenvalue weighted by atomic mass is 127. The Hall–Kier alpha value is -1.57. The molecule has 0 spiro atoms. The van der Waals surface area contributed by atoms with Gasteiger partial charge in [-0.3, -0.25) is 4.57 Å². The number of carboxylic acids is 1. The molecule has 112 valence electrons. The molecule has 0 amide bonds. The Kier molecular flexibility index (Phi) is 3.43. The van der Waals surface area contributed by atoms with Gasteiger partial charge < -0.3 is 25.8 Å². The number of nitrogens with two attached hydrogens (primary N) is 1. The molecule has 0 saturated carbocycles. The fourth-order valence-electron chi connectivity index (χ4n) is 2.19. The fraction of sp³-hybridized carbons (Fsp3) is 0.400. The van der Waals surface area contributed by atoms with Crippen LogP contribution in [0.3, 0.4) is 0 Å². The predicted octanol–water partition coefficient (Wildman–Crippen LogP) is -1.28. The Morgan fingerprint density at radius 3 is 2.71 bits per heavy atom. The largest absolute Gasteiger partial charge is 0.479 e. The van der Waals surface area contributed by atoms with Crippen molar-refractivity contribution in [2.24, 2.45) is 0 Å². The van der Waals surface area contributed by atoms with Crippen LogP contribution in [0.4, 0.5) is 5.82 Å². The van der Waals surface area contributed by atoms with Crippen LogP contribution in [0, 0.1) is 3.83 Å². The van der Waals surface area contributed by atoms with Gasteiger partial charge in [-0.2, -0.15) is 0 Å². The van der Waals surface area contributed by atoms with Crippen LogP contribution in [0.5, 0.6) is 0 Å². The summed E-state index contributed by atoms with van der Waals surface area (Å²) >= 11 is 1.86. The summed E-state index contributed by atoms with van der Waals surface area (Å²) in [5.41, 5.74) is 6.32. The van der Waals surface area contributed by atoms with E-state index >= 15 is 0 Å². The number of carbonyl (C=O) groups is 1. The molecule has 0 aromatic carbocycles. The zero-order valence-electron chi connectivity index (χ0n) is 10.3. The lowest BCUT2D eigenvalue weighted by molar-refractivity contribution is -0.155. The van der Waals surface area contributed by atoms with Crippen molar-refractivity contribution in [1.29, 1.82) is 0 Å². The van der Waals surface area contributed by atoms with E-state index in [9.17, 15) is 15.0 Å². The minimum atomic E-state index is -1.55. The maximum absolute atomic E-state index is 11.0. The molecule has 0 radical (unpaired) electrons. The van der Waals surface area contributed by atoms with E-state index in [0.717, 1.165) is 0 Å². The Labute approximate surface area is 130 Å². The first-order chi connectivity index (χ1) is 9.90. The van der Waals surface area contributed by atoms with Crippen molar-refractivity contribution < 1.29 is 24.9 Å². The minimum absolute atomic E-state index is 0.158. The summed E-state index contributed by atoms with van der Waals surface area (Å²) in [7, 11) is 0. The van der Waals surface area contributed by atoms with Crippen LogP contribution in [0.15, 0.2) is 6.33 Å². The molecule has 1 saturated heterocycles. The van der Waals surface area contributed by atoms with Crippen molar-refractivity contribution >= 4 is 45.5 Å². The minimum Gasteiger partial charge on any atom is -0.479 e. The normalized spacial score (nSPS) is 29.1. The molecular formula is C10H10IN5O5. The second-order valence-corrected chi connectivity index (χ2v) is 5.43. The van der Waals surface area contributed by atoms with E-state index < -0.39 is 30.5 Å². The molecule has 11 heteroatoms. The predicted molar refractivity (Wildman–Crippen MR) is 76.0 cm³/mol. The third-order valence-corrected chi connectivity index (χ3v) is 3.66. The van der Waals surface area contributed by atoms with Gasteiger partial charge >= 0.3 is 5.97 Å². The number of fused-ring (bicyclic) bond motifs is 1. The summed E-state index contributed by atoms with van der Waals surface area (Å²) in [5, 5.41) is 28.7. The number of anilines is 1. The zero-order valence-corrected chi connectivity index (χ0v) is 12.4. The van der Waals surface area contributed by atoms with Gasteiger partial charge in [-0.1, -0.05) is 0 Å². The van der Waals surface area contributed by atoms with Crippen LogP contribution in [-0.4, -0.2) is 59.1 Å². The SMILES string of the molecule is Nc1nc(I)nc2c1ncn2C1OC(C(=O)O)C(O)C1O. The molecule has 2 aromatic rings. The number of hydrogen-bond acceptors (Lipinski definition) is 8. The Balaban J connectivity index is 2.07. The second kappa shape index (κ2) is 5.01. The quantitative estimate of drug-likeness (QED) is 0.352. The number of aliphatic hydroxyl groups is 2. The standard InChI is InChI=1S/C10H10IN5O5/c11-10-14-6(12)2-7(15-10)16(1-13-2)8-4(18)3(17)5(21-8)9(19)20/h1,3-5,8,17-18H,(H,19,20)(H2,12,14,15). The number of ether oxygens (including phenoxy) is 1. The van der Waals surface area contributed by atoms with E-state index in [-0.39, 0.29) is 11.5 Å². The third kappa shape index (κ3) is 2.21. The molecule has 1 aliphatic rings. The van der Waals surface area contributed by atoms with Gasteiger partial charge in [0, 0.05) is 22.6 Å². The van der Waals surface area contributed by atoms with Gasteiger partial charge in [0.1, 0.15) is 17.7 Å². The van der Waals surface area contributed by atoms with E-state index in [2.05, 4.69) is 15.0 Å². The molecular weight excluding hydrogens is 397 g/mol. The Bertz CT molecular complexity index is 721. The number of aliphatic carboxylic acids is 1. The highest BCUT2D eigenvalue weighted by Crippen LogP contribution is 2.32. The van der Waals surface area contributed by atoms with E-state index in [4.69, 9.17) is 15.6 Å². The molecule has 21 heavy (non-hydrogen) atoms. The van der Waals surface area contributed by atoms with Gasteiger partial charge in [-0.05, 0) is 0 Å². The first kappa shape index (κ1) is 14.4. The number of imidazole rings is 1. The van der Waals surface area contributed by atoms with Crippen molar-refractivity contribution in [2.75, 3.05) is 5.73 Å². The molecule has 10 nitrogen and oxygen atoms in total. The van der Waals surface area contributed by atoms with E-state index in [1.807, 2.05) is 22.6 Å². The van der Waals surface area contributed by atoms with Crippen molar-refractivity contribution in [3.05, 3.63) is 10.2 Å². The molecule has 0 aliphatic carbocycles. The monoisotopic (exact) mass is 407 g/mol. The lowest BCUT2D eigenvalue weighted by Crippen LogP contribution is -2.35. The van der Waals surface area contributed by atoms with Gasteiger partial charge in [0.05, 0.1) is 6.33 Å². The number of nitrogens with zero attached hydrogens (tertiary/aromatic N) is 4. The van der Waals surface area contributed by atoms with Crippen molar-refractivity contribution in [1.82, 2.24) is 19.5 Å². The van der Waals surface area contributed by atoms with Gasteiger partial charge in [0.2, 0.25) is 0 Å². The summed E-state index contributed by atoms with van der Waals surface area (Å²) in [6.07, 6.45) is -4.34. The lowest BCUT2D eigenvalue weighted by atomic mass is 10.1. The first-order valence-electron chi connectivity index (χ1n) is 5.80. The van der Waals surface area contributed by atoms with Crippen LogP contribution < -0.4 is 5.73 Å². The van der Waals surface area contributed by atoms with Crippen LogP contribution in [-0.2, 0) is 9.53 Å². The summed E-state index contributed by atoms with van der Waals surface area (Å²) in [4.78, 5) is 23.1. The molecule has 1 fully saturated rings. The van der Waals surface area contributed by atoms with E-state index in [1.165, 1.54) is 10.9 Å². The average molecular weight is 407 g/mol. The summed E-state index contributed by atoms with van der Waals surface area (Å²) < 4.78 is 6.89. The van der Waals surface area contributed by atoms with Crippen LogP contribution in [0.25, 0.3) is 11.2 Å². The molecule has 2 aromatic heterocycles. The molecule has 4 atom stereocenters. The third-order valence-electron chi connectivity index (χ3n) is 3.18. The molecule has 3 heterocycles. The zero-order chi connectivity index (χ0) is 15.3. The van der Waals surface area contributed by atoms with Crippen LogP contribution in [0.1, 0.15) is 6.23 Å². The van der Waals surface area contributed by atoms with Gasteiger partial charge in [-0.15, -0.1) is 0 Å². The Morgan fingerprint density at radius 1 is 1.38 bits per heavy atom. The maximum Gasteiger partial charge on any atom is 0.335 e. The number of aromatic nitrogens is 4. The molecule has 3 rings (SSSR count). The fourth-order valence-corrected chi connectivity index (χ4v) is 2.68. The number of aliphatic hydroxyl groups excluding tert-OH is 2. The van der Waals surface area contributed by atoms with Crippen LogP contribution >= 0.6 is 22.6 Å². The summed E-state index contributed by atoms with van der Waals surface area (Å²) in [6.45, 7) is 0. The van der Waals surface area contributed by atoms with Gasteiger partial charge in [0.25, 0.3) is 0 Å². The molecule has 0 bridgehead atoms. The number of hydrogen-bond donors (Lipinski definition) is 4. The van der Waals surface area contributed by atoms with Crippen molar-refractivity contribution in [2.45, 2.75) is 24.5 Å². The van der Waals surface area contributed by atoms with Gasteiger partial charge in [0.15, 0.2) is 27.6 Å². The van der Waals surface area contributed by atoms with E-state index in [0.29, 0.717) is 9.35 Å². The molecule has 1 aliphatic heterocycles. The topological polar surface area (TPSA) is 157 Å². The van der Waals surface area contributed by atoms with Crippen LogP contribution in [0.2, 0.25) is 0 Å². The lowest BCUT2D eigenvalue weighted by Gasteiger charge is -2.16. The van der Waals surface area contributed by atoms with Gasteiger partial charge in [-0.25, -0.2) is 19.7 Å². The van der Waals surface area contributed by atoms with Crippen molar-refractivity contribution in [3.63, 3.8) is 0 Å². The summed E-state index contributed by atoms with van der Waals surface area (Å²) in [5.74, 6) is -1.21. The maximum atomic E-state index is 11.0. The number of rotatable bonds is 2. The van der Waals surface area contributed by atoms with Crippen molar-refractivity contribution in [3.8, 4) is 0 Å². The second-order valence-electron chi connectivity index (χ2n) is 4.47. The highest BCUT2D eigenvalue weighted by molar-refractivity contribution is 14.1. The number of halogens is 1. The highest BCUT2D eigenvalue weighted by Gasteiger charge is 2.48. The first-order valence-corrected chi connectivity index (χ1v) is 6.88.